The van der Waals surface area contributed by atoms with Crippen molar-refractivity contribution in [2.24, 2.45) is 5.73 Å². The summed E-state index contributed by atoms with van der Waals surface area (Å²) in [6, 6.07) is 7.57. The third-order valence-electron chi connectivity index (χ3n) is 2.80. The van der Waals surface area contributed by atoms with Gasteiger partial charge in [0.15, 0.2) is 0 Å². The van der Waals surface area contributed by atoms with E-state index < -0.39 is 0 Å². The second-order valence-corrected chi connectivity index (χ2v) is 4.94. The summed E-state index contributed by atoms with van der Waals surface area (Å²) in [5.41, 5.74) is 10.1. The Kier molecular flexibility index (Phi) is 5.06. The van der Waals surface area contributed by atoms with E-state index >= 15 is 0 Å². The van der Waals surface area contributed by atoms with Crippen molar-refractivity contribution < 1.29 is 4.79 Å². The van der Waals surface area contributed by atoms with Crippen LogP contribution < -0.4 is 11.1 Å². The summed E-state index contributed by atoms with van der Waals surface area (Å²) in [4.78, 5) is 16.1. The summed E-state index contributed by atoms with van der Waals surface area (Å²) in [6.07, 6.45) is 1.60. The summed E-state index contributed by atoms with van der Waals surface area (Å²) < 4.78 is 0. The second kappa shape index (κ2) is 7.01. The van der Waals surface area contributed by atoms with Crippen LogP contribution in [0, 0.1) is 0 Å². The Labute approximate surface area is 116 Å². The average Bonchev–Trinajstić information content (AvgIpc) is 2.93. The zero-order chi connectivity index (χ0) is 13.5. The lowest BCUT2D eigenvalue weighted by Gasteiger charge is -2.05. The number of thiazole rings is 1. The number of nitrogens with zero attached hydrogens (tertiary/aromatic N) is 1. The lowest BCUT2D eigenvalue weighted by molar-refractivity contribution is 0.0954. The standard InChI is InChI=1S/C14H17N3OS/c15-7-5-11-1-3-12(4-2-11)14(18)16-8-6-13-9-19-10-17-13/h1-4,9-10H,5-8,15H2,(H,16,18). The molecule has 4 nitrogen and oxygen atoms in total. The Bertz CT molecular complexity index is 508. The Morgan fingerprint density at radius 3 is 2.68 bits per heavy atom. The molecule has 0 bridgehead atoms. The molecule has 3 N–H and O–H groups in total. The highest BCUT2D eigenvalue weighted by Crippen LogP contribution is 2.05. The molecule has 1 aromatic heterocycles. The number of carbonyl (C=O) groups excluding carboxylic acids is 1. The summed E-state index contributed by atoms with van der Waals surface area (Å²) in [5.74, 6) is -0.0467. The molecule has 0 spiro atoms. The minimum Gasteiger partial charge on any atom is -0.352 e. The van der Waals surface area contributed by atoms with E-state index in [9.17, 15) is 4.79 Å². The van der Waals surface area contributed by atoms with Gasteiger partial charge in [-0.25, -0.2) is 4.98 Å². The number of carbonyl (C=O) groups is 1. The molecule has 5 heteroatoms. The SMILES string of the molecule is NCCc1ccc(C(=O)NCCc2cscn2)cc1. The molecule has 100 valence electrons. The number of aromatic nitrogens is 1. The van der Waals surface area contributed by atoms with Crippen molar-refractivity contribution in [1.29, 1.82) is 0 Å². The van der Waals surface area contributed by atoms with Crippen molar-refractivity contribution in [2.75, 3.05) is 13.1 Å². The van der Waals surface area contributed by atoms with Gasteiger partial charge in [0.2, 0.25) is 0 Å². The summed E-state index contributed by atoms with van der Waals surface area (Å²) in [7, 11) is 0. The topological polar surface area (TPSA) is 68.0 Å². The molecule has 1 aromatic carbocycles. The molecule has 0 saturated heterocycles. The number of amides is 1. The number of benzene rings is 1. The maximum absolute atomic E-state index is 11.9. The van der Waals surface area contributed by atoms with Crippen LogP contribution in [0.1, 0.15) is 21.6 Å². The first-order valence-corrected chi connectivity index (χ1v) is 7.18. The lowest BCUT2D eigenvalue weighted by atomic mass is 10.1. The summed E-state index contributed by atoms with van der Waals surface area (Å²) >= 11 is 1.57. The molecule has 0 unspecified atom stereocenters. The fourth-order valence-corrected chi connectivity index (χ4v) is 2.35. The number of nitrogens with one attached hydrogen (secondary N) is 1. The van der Waals surface area contributed by atoms with Crippen molar-refractivity contribution in [2.45, 2.75) is 12.8 Å². The van der Waals surface area contributed by atoms with Gasteiger partial charge in [0.05, 0.1) is 11.2 Å². The fourth-order valence-electron chi connectivity index (χ4n) is 1.76. The van der Waals surface area contributed by atoms with Crippen LogP contribution in [0.15, 0.2) is 35.2 Å². The van der Waals surface area contributed by atoms with Crippen molar-refractivity contribution in [3.63, 3.8) is 0 Å². The van der Waals surface area contributed by atoms with Crippen LogP contribution in [-0.2, 0) is 12.8 Å². The van der Waals surface area contributed by atoms with Crippen LogP contribution in [0.5, 0.6) is 0 Å². The molecule has 0 aliphatic rings. The van der Waals surface area contributed by atoms with E-state index in [2.05, 4.69) is 10.3 Å². The van der Waals surface area contributed by atoms with Crippen molar-refractivity contribution in [1.82, 2.24) is 10.3 Å². The number of hydrogen-bond donors (Lipinski definition) is 2. The lowest BCUT2D eigenvalue weighted by Crippen LogP contribution is -2.25. The smallest absolute Gasteiger partial charge is 0.251 e. The van der Waals surface area contributed by atoms with Gasteiger partial charge in [-0.2, -0.15) is 0 Å². The molecule has 0 aliphatic heterocycles. The molecular formula is C14H17N3OS. The highest BCUT2D eigenvalue weighted by Gasteiger charge is 2.05. The molecule has 2 rings (SSSR count). The fraction of sp³-hybridized carbons (Fsp3) is 0.286. The van der Waals surface area contributed by atoms with Crippen LogP contribution in [-0.4, -0.2) is 24.0 Å². The molecule has 1 amide bonds. The minimum absolute atomic E-state index is 0.0467. The van der Waals surface area contributed by atoms with Gasteiger partial charge in [0.1, 0.15) is 0 Å². The van der Waals surface area contributed by atoms with E-state index in [1.807, 2.05) is 29.6 Å². The van der Waals surface area contributed by atoms with Gasteiger partial charge in [0.25, 0.3) is 5.91 Å². The maximum atomic E-state index is 11.9. The molecular weight excluding hydrogens is 258 g/mol. The zero-order valence-electron chi connectivity index (χ0n) is 10.6. The molecule has 0 aliphatic carbocycles. The van der Waals surface area contributed by atoms with E-state index in [1.165, 1.54) is 0 Å². The van der Waals surface area contributed by atoms with E-state index in [-0.39, 0.29) is 5.91 Å². The third kappa shape index (κ3) is 4.15. The van der Waals surface area contributed by atoms with Crippen LogP contribution in [0.25, 0.3) is 0 Å². The Balaban J connectivity index is 1.82. The Morgan fingerprint density at radius 2 is 2.05 bits per heavy atom. The first-order chi connectivity index (χ1) is 9.29. The first-order valence-electron chi connectivity index (χ1n) is 6.24. The van der Waals surface area contributed by atoms with E-state index in [0.29, 0.717) is 18.7 Å². The van der Waals surface area contributed by atoms with Gasteiger partial charge in [0, 0.05) is 23.9 Å². The number of hydrogen-bond acceptors (Lipinski definition) is 4. The molecule has 0 radical (unpaired) electrons. The molecule has 1 heterocycles. The number of rotatable bonds is 6. The van der Waals surface area contributed by atoms with E-state index in [1.54, 1.807) is 16.8 Å². The summed E-state index contributed by atoms with van der Waals surface area (Å²) in [5, 5.41) is 4.88. The molecule has 0 atom stereocenters. The molecule has 0 fully saturated rings. The Hall–Kier alpha value is -1.72. The maximum Gasteiger partial charge on any atom is 0.251 e. The molecule has 2 aromatic rings. The van der Waals surface area contributed by atoms with Crippen LogP contribution in [0.2, 0.25) is 0 Å². The van der Waals surface area contributed by atoms with E-state index in [4.69, 9.17) is 5.73 Å². The predicted molar refractivity (Wildman–Crippen MR) is 77.4 cm³/mol. The average molecular weight is 275 g/mol. The van der Waals surface area contributed by atoms with Crippen molar-refractivity contribution >= 4 is 17.2 Å². The van der Waals surface area contributed by atoms with Crippen LogP contribution in [0.4, 0.5) is 0 Å². The quantitative estimate of drug-likeness (QED) is 0.841. The largest absolute Gasteiger partial charge is 0.352 e. The van der Waals surface area contributed by atoms with Gasteiger partial charge in [-0.3, -0.25) is 4.79 Å². The summed E-state index contributed by atoms with van der Waals surface area (Å²) in [6.45, 7) is 1.23. The van der Waals surface area contributed by atoms with Crippen LogP contribution in [0.3, 0.4) is 0 Å². The highest BCUT2D eigenvalue weighted by molar-refractivity contribution is 7.07. The van der Waals surface area contributed by atoms with Gasteiger partial charge < -0.3 is 11.1 Å². The molecule has 0 saturated carbocycles. The van der Waals surface area contributed by atoms with Crippen molar-refractivity contribution in [3.05, 3.63) is 52.0 Å². The van der Waals surface area contributed by atoms with Gasteiger partial charge in [-0.1, -0.05) is 12.1 Å². The number of nitrogens with two attached hydrogens (primary N) is 1. The second-order valence-electron chi connectivity index (χ2n) is 4.22. The van der Waals surface area contributed by atoms with Gasteiger partial charge in [-0.15, -0.1) is 11.3 Å². The molecule has 19 heavy (non-hydrogen) atoms. The van der Waals surface area contributed by atoms with Gasteiger partial charge in [-0.05, 0) is 30.7 Å². The zero-order valence-corrected chi connectivity index (χ0v) is 11.5. The van der Waals surface area contributed by atoms with Gasteiger partial charge >= 0.3 is 0 Å². The van der Waals surface area contributed by atoms with E-state index in [0.717, 1.165) is 24.1 Å². The van der Waals surface area contributed by atoms with Crippen LogP contribution >= 0.6 is 11.3 Å². The Morgan fingerprint density at radius 1 is 1.26 bits per heavy atom. The van der Waals surface area contributed by atoms with Crippen molar-refractivity contribution in [3.8, 4) is 0 Å². The predicted octanol–water partition coefficient (Wildman–Crippen LogP) is 1.62. The minimum atomic E-state index is -0.0467. The normalized spacial score (nSPS) is 10.4. The first kappa shape index (κ1) is 13.7. The highest BCUT2D eigenvalue weighted by atomic mass is 32.1. The monoisotopic (exact) mass is 275 g/mol. The third-order valence-corrected chi connectivity index (χ3v) is 3.43.